The van der Waals surface area contributed by atoms with E-state index in [0.717, 1.165) is 5.56 Å². The van der Waals surface area contributed by atoms with Crippen molar-refractivity contribution >= 4 is 5.97 Å². The Hall–Kier alpha value is -2.43. The van der Waals surface area contributed by atoms with Crippen LogP contribution in [0.15, 0.2) is 30.5 Å². The summed E-state index contributed by atoms with van der Waals surface area (Å²) in [6, 6.07) is 7.81. The van der Waals surface area contributed by atoms with Gasteiger partial charge in [0, 0.05) is 6.20 Å². The van der Waals surface area contributed by atoms with Gasteiger partial charge in [0.1, 0.15) is 5.75 Å². The Balaban J connectivity index is 2.31. The fourth-order valence-corrected chi connectivity index (χ4v) is 1.85. The summed E-state index contributed by atoms with van der Waals surface area (Å²) in [6.07, 6.45) is 1.26. The van der Waals surface area contributed by atoms with Crippen molar-refractivity contribution < 1.29 is 14.6 Å². The van der Waals surface area contributed by atoms with Gasteiger partial charge in [0.05, 0.1) is 11.3 Å². The Bertz CT molecular complexity index is 639. The van der Waals surface area contributed by atoms with Crippen LogP contribution >= 0.6 is 0 Å². The van der Waals surface area contributed by atoms with Crippen molar-refractivity contribution in [1.29, 1.82) is 0 Å². The van der Waals surface area contributed by atoms with Crippen LogP contribution in [0.25, 0.3) is 0 Å². The van der Waals surface area contributed by atoms with Crippen LogP contribution in [0.5, 0.6) is 11.8 Å². The third-order valence-electron chi connectivity index (χ3n) is 2.93. The zero-order chi connectivity index (χ0) is 14.7. The summed E-state index contributed by atoms with van der Waals surface area (Å²) in [4.78, 5) is 18.9. The van der Waals surface area contributed by atoms with E-state index in [1.54, 1.807) is 6.92 Å². The highest BCUT2D eigenvalue weighted by molar-refractivity contribution is 5.88. The summed E-state index contributed by atoms with van der Waals surface area (Å²) in [7, 11) is 0. The van der Waals surface area contributed by atoms with E-state index in [1.165, 1.54) is 6.20 Å². The number of aromatic nitrogens is 2. The molecule has 1 N–H and O–H groups in total. The number of benzene rings is 1. The molecule has 0 fully saturated rings. The highest BCUT2D eigenvalue weighted by Crippen LogP contribution is 2.28. The summed E-state index contributed by atoms with van der Waals surface area (Å²) < 4.78 is 5.67. The first-order valence-electron chi connectivity index (χ1n) is 6.32. The fourth-order valence-electron chi connectivity index (χ4n) is 1.85. The summed E-state index contributed by atoms with van der Waals surface area (Å²) in [5.41, 5.74) is 1.51. The lowest BCUT2D eigenvalue weighted by Crippen LogP contribution is -2.05. The van der Waals surface area contributed by atoms with Crippen LogP contribution < -0.4 is 4.74 Å². The van der Waals surface area contributed by atoms with Crippen LogP contribution in [0.1, 0.15) is 41.4 Å². The molecule has 5 heteroatoms. The van der Waals surface area contributed by atoms with Gasteiger partial charge in [0.2, 0.25) is 0 Å². The maximum absolute atomic E-state index is 10.9. The molecule has 0 amide bonds. The fraction of sp³-hybridized carbons (Fsp3) is 0.267. The zero-order valence-corrected chi connectivity index (χ0v) is 11.6. The minimum absolute atomic E-state index is 0.0782. The molecule has 2 aromatic rings. The number of aryl methyl sites for hydroxylation is 1. The molecule has 1 aromatic heterocycles. The van der Waals surface area contributed by atoms with Crippen molar-refractivity contribution in [2.24, 2.45) is 0 Å². The Kier molecular flexibility index (Phi) is 3.98. The maximum atomic E-state index is 10.9. The molecule has 0 radical (unpaired) electrons. The number of carboxylic acid groups (broad SMARTS) is 1. The average Bonchev–Trinajstić information content (AvgIpc) is 2.38. The first-order chi connectivity index (χ1) is 9.49. The first-order valence-corrected chi connectivity index (χ1v) is 6.32. The van der Waals surface area contributed by atoms with Crippen LogP contribution in [0.2, 0.25) is 0 Å². The number of aromatic carboxylic acids is 1. The number of para-hydroxylation sites is 1. The van der Waals surface area contributed by atoms with E-state index in [4.69, 9.17) is 9.84 Å². The molecule has 1 aromatic carbocycles. The summed E-state index contributed by atoms with van der Waals surface area (Å²) >= 11 is 0. The first kappa shape index (κ1) is 14.0. The van der Waals surface area contributed by atoms with Crippen molar-refractivity contribution in [2.75, 3.05) is 0 Å². The second-order valence-corrected chi connectivity index (χ2v) is 4.75. The maximum Gasteiger partial charge on any atom is 0.339 e. The van der Waals surface area contributed by atoms with Gasteiger partial charge in [-0.1, -0.05) is 32.0 Å². The van der Waals surface area contributed by atoms with Gasteiger partial charge in [0.25, 0.3) is 0 Å². The van der Waals surface area contributed by atoms with Gasteiger partial charge in [-0.05, 0) is 24.5 Å². The quantitative estimate of drug-likeness (QED) is 0.923. The lowest BCUT2D eigenvalue weighted by atomic mass is 10.0. The molecule has 2 rings (SSSR count). The van der Waals surface area contributed by atoms with Crippen molar-refractivity contribution in [1.82, 2.24) is 9.97 Å². The zero-order valence-electron chi connectivity index (χ0n) is 11.6. The number of hydrogen-bond acceptors (Lipinski definition) is 4. The van der Waals surface area contributed by atoms with Crippen LogP contribution in [-0.4, -0.2) is 21.0 Å². The number of ether oxygens (including phenoxy) is 1. The average molecular weight is 272 g/mol. The van der Waals surface area contributed by atoms with E-state index in [1.807, 2.05) is 24.3 Å². The molecule has 0 unspecified atom stereocenters. The number of nitrogens with zero attached hydrogens (tertiary/aromatic N) is 2. The molecule has 0 aliphatic heterocycles. The van der Waals surface area contributed by atoms with E-state index in [9.17, 15) is 4.79 Å². The van der Waals surface area contributed by atoms with E-state index in [-0.39, 0.29) is 11.6 Å². The SMILES string of the molecule is Cc1nc(Oc2ccccc2C(C)C)ncc1C(=O)O. The molecule has 20 heavy (non-hydrogen) atoms. The highest BCUT2D eigenvalue weighted by atomic mass is 16.5. The molecule has 0 aliphatic carbocycles. The van der Waals surface area contributed by atoms with Crippen LogP contribution in [0.4, 0.5) is 0 Å². The molecule has 0 atom stereocenters. The second kappa shape index (κ2) is 5.69. The Morgan fingerprint density at radius 3 is 2.60 bits per heavy atom. The predicted molar refractivity (Wildman–Crippen MR) is 74.3 cm³/mol. The number of carboxylic acids is 1. The van der Waals surface area contributed by atoms with Crippen molar-refractivity contribution in [3.8, 4) is 11.8 Å². The van der Waals surface area contributed by atoms with Crippen molar-refractivity contribution in [3.63, 3.8) is 0 Å². The summed E-state index contributed by atoms with van der Waals surface area (Å²) in [5.74, 6) is -0.0489. The summed E-state index contributed by atoms with van der Waals surface area (Å²) in [5, 5.41) is 8.94. The van der Waals surface area contributed by atoms with Gasteiger partial charge >= 0.3 is 12.0 Å². The Morgan fingerprint density at radius 1 is 1.30 bits per heavy atom. The normalized spacial score (nSPS) is 10.6. The topological polar surface area (TPSA) is 72.3 Å². The highest BCUT2D eigenvalue weighted by Gasteiger charge is 2.13. The lowest BCUT2D eigenvalue weighted by molar-refractivity contribution is 0.0695. The minimum Gasteiger partial charge on any atom is -0.478 e. The number of hydrogen-bond donors (Lipinski definition) is 1. The largest absolute Gasteiger partial charge is 0.478 e. The third-order valence-corrected chi connectivity index (χ3v) is 2.93. The molecule has 0 bridgehead atoms. The molecular formula is C15H16N2O3. The van der Waals surface area contributed by atoms with E-state index in [2.05, 4.69) is 23.8 Å². The van der Waals surface area contributed by atoms with Gasteiger partial charge in [-0.3, -0.25) is 0 Å². The molecule has 0 aliphatic rings. The Labute approximate surface area is 117 Å². The molecule has 0 saturated carbocycles. The van der Waals surface area contributed by atoms with Gasteiger partial charge in [-0.25, -0.2) is 9.78 Å². The second-order valence-electron chi connectivity index (χ2n) is 4.75. The minimum atomic E-state index is -1.04. The molecule has 5 nitrogen and oxygen atoms in total. The van der Waals surface area contributed by atoms with Gasteiger partial charge in [-0.2, -0.15) is 4.98 Å². The predicted octanol–water partition coefficient (Wildman–Crippen LogP) is 3.40. The van der Waals surface area contributed by atoms with Gasteiger partial charge in [0.15, 0.2) is 0 Å². The standard InChI is InChI=1S/C15H16N2O3/c1-9(2)11-6-4-5-7-13(11)20-15-16-8-12(14(18)19)10(3)17-15/h4-9H,1-3H3,(H,18,19). The third kappa shape index (κ3) is 2.93. The molecule has 0 saturated heterocycles. The summed E-state index contributed by atoms with van der Waals surface area (Å²) in [6.45, 7) is 5.76. The van der Waals surface area contributed by atoms with Gasteiger partial charge in [-0.15, -0.1) is 0 Å². The molecule has 1 heterocycles. The van der Waals surface area contributed by atoms with E-state index >= 15 is 0 Å². The van der Waals surface area contributed by atoms with Crippen molar-refractivity contribution in [2.45, 2.75) is 26.7 Å². The smallest absolute Gasteiger partial charge is 0.339 e. The van der Waals surface area contributed by atoms with Crippen molar-refractivity contribution in [3.05, 3.63) is 47.3 Å². The number of rotatable bonds is 4. The molecule has 0 spiro atoms. The van der Waals surface area contributed by atoms with Crippen LogP contribution in [0, 0.1) is 6.92 Å². The van der Waals surface area contributed by atoms with E-state index < -0.39 is 5.97 Å². The monoisotopic (exact) mass is 272 g/mol. The molecule has 104 valence electrons. The van der Waals surface area contributed by atoms with E-state index in [0.29, 0.717) is 17.4 Å². The van der Waals surface area contributed by atoms with Gasteiger partial charge < -0.3 is 9.84 Å². The van der Waals surface area contributed by atoms with Crippen LogP contribution in [-0.2, 0) is 0 Å². The lowest BCUT2D eigenvalue weighted by Gasteiger charge is -2.12. The molecular weight excluding hydrogens is 256 g/mol. The van der Waals surface area contributed by atoms with Crippen LogP contribution in [0.3, 0.4) is 0 Å². The Morgan fingerprint density at radius 2 is 2.00 bits per heavy atom. The number of carbonyl (C=O) groups is 1.